The number of likely N-dealkylation sites (N-methyl/N-ethyl adjacent to an activating group) is 1. The summed E-state index contributed by atoms with van der Waals surface area (Å²) < 4.78 is 10.8. The van der Waals surface area contributed by atoms with Crippen LogP contribution >= 0.6 is 12.2 Å². The van der Waals surface area contributed by atoms with Crippen LogP contribution in [0.2, 0.25) is 0 Å². The molecule has 2 aromatic rings. The lowest BCUT2D eigenvalue weighted by atomic mass is 10.1. The van der Waals surface area contributed by atoms with Crippen LogP contribution < -0.4 is 20.1 Å². The fourth-order valence-corrected chi connectivity index (χ4v) is 3.44. The van der Waals surface area contributed by atoms with E-state index in [0.717, 1.165) is 36.7 Å². The highest BCUT2D eigenvalue weighted by atomic mass is 32.1. The molecule has 0 fully saturated rings. The SMILES string of the molecule is CCN(CC)C(CNC(=S)NCc1ccc2c(c1)OCO2)c1ccccc1. The van der Waals surface area contributed by atoms with Crippen LogP contribution in [0.15, 0.2) is 48.5 Å². The molecule has 2 N–H and O–H groups in total. The van der Waals surface area contributed by atoms with E-state index in [1.54, 1.807) is 0 Å². The topological polar surface area (TPSA) is 45.8 Å². The van der Waals surface area contributed by atoms with Gasteiger partial charge in [-0.15, -0.1) is 0 Å². The molecule has 0 saturated carbocycles. The van der Waals surface area contributed by atoms with Gasteiger partial charge in [-0.2, -0.15) is 0 Å². The normalized spacial score (nSPS) is 13.4. The molecule has 0 amide bonds. The van der Waals surface area contributed by atoms with Crippen LogP contribution in [0.5, 0.6) is 11.5 Å². The third-order valence-electron chi connectivity index (χ3n) is 4.78. The summed E-state index contributed by atoms with van der Waals surface area (Å²) in [5.74, 6) is 1.59. The van der Waals surface area contributed by atoms with Gasteiger partial charge in [-0.1, -0.05) is 50.2 Å². The summed E-state index contributed by atoms with van der Waals surface area (Å²) in [4.78, 5) is 2.43. The first-order valence-electron chi connectivity index (χ1n) is 9.40. The Morgan fingerprint density at radius 1 is 1.04 bits per heavy atom. The Morgan fingerprint density at radius 2 is 1.78 bits per heavy atom. The lowest BCUT2D eigenvalue weighted by Crippen LogP contribution is -2.41. The standard InChI is InChI=1S/C21H27N3O2S/c1-3-24(4-2)18(17-8-6-5-7-9-17)14-23-21(27)22-13-16-10-11-19-20(12-16)26-15-25-19/h5-12,18H,3-4,13-15H2,1-2H3,(H2,22,23,27). The molecule has 5 nitrogen and oxygen atoms in total. The molecular formula is C21H27N3O2S. The maximum atomic E-state index is 5.48. The van der Waals surface area contributed by atoms with Gasteiger partial charge in [0.05, 0.1) is 6.04 Å². The summed E-state index contributed by atoms with van der Waals surface area (Å²) in [6.45, 7) is 8.07. The number of hydrogen-bond acceptors (Lipinski definition) is 4. The highest BCUT2D eigenvalue weighted by Gasteiger charge is 2.18. The molecule has 0 bridgehead atoms. The van der Waals surface area contributed by atoms with Gasteiger partial charge >= 0.3 is 0 Å². The minimum absolute atomic E-state index is 0.284. The van der Waals surface area contributed by atoms with E-state index in [0.29, 0.717) is 18.5 Å². The van der Waals surface area contributed by atoms with Gasteiger partial charge < -0.3 is 20.1 Å². The first-order valence-corrected chi connectivity index (χ1v) is 9.81. The Kier molecular flexibility index (Phi) is 6.90. The van der Waals surface area contributed by atoms with Gasteiger partial charge in [0.25, 0.3) is 0 Å². The lowest BCUT2D eigenvalue weighted by Gasteiger charge is -2.30. The van der Waals surface area contributed by atoms with Gasteiger partial charge in [-0.3, -0.25) is 4.90 Å². The van der Waals surface area contributed by atoms with E-state index in [-0.39, 0.29) is 6.04 Å². The van der Waals surface area contributed by atoms with E-state index in [9.17, 15) is 0 Å². The van der Waals surface area contributed by atoms with Crippen LogP contribution in [0.4, 0.5) is 0 Å². The number of nitrogens with one attached hydrogen (secondary N) is 2. The maximum absolute atomic E-state index is 5.48. The van der Waals surface area contributed by atoms with Crippen molar-refractivity contribution in [2.75, 3.05) is 26.4 Å². The van der Waals surface area contributed by atoms with Crippen LogP contribution in [0, 0.1) is 0 Å². The number of fused-ring (bicyclic) bond motifs is 1. The molecule has 0 saturated heterocycles. The minimum Gasteiger partial charge on any atom is -0.454 e. The summed E-state index contributed by atoms with van der Waals surface area (Å²) in [7, 11) is 0. The quantitative estimate of drug-likeness (QED) is 0.679. The molecule has 27 heavy (non-hydrogen) atoms. The van der Waals surface area contributed by atoms with Crippen molar-refractivity contribution < 1.29 is 9.47 Å². The Morgan fingerprint density at radius 3 is 2.52 bits per heavy atom. The fraction of sp³-hybridized carbons (Fsp3) is 0.381. The van der Waals surface area contributed by atoms with Gasteiger partial charge in [-0.05, 0) is 48.6 Å². The van der Waals surface area contributed by atoms with Crippen LogP contribution in [0.3, 0.4) is 0 Å². The van der Waals surface area contributed by atoms with Crippen molar-refractivity contribution in [2.45, 2.75) is 26.4 Å². The van der Waals surface area contributed by atoms with Crippen LogP contribution in [0.25, 0.3) is 0 Å². The second-order valence-electron chi connectivity index (χ2n) is 6.40. The third kappa shape index (κ3) is 5.11. The molecule has 1 unspecified atom stereocenters. The highest BCUT2D eigenvalue weighted by Crippen LogP contribution is 2.32. The first kappa shape index (κ1) is 19.5. The molecule has 6 heteroatoms. The van der Waals surface area contributed by atoms with Crippen LogP contribution in [0.1, 0.15) is 31.0 Å². The fourth-order valence-electron chi connectivity index (χ4n) is 3.28. The zero-order valence-electron chi connectivity index (χ0n) is 15.9. The zero-order chi connectivity index (χ0) is 19.1. The van der Waals surface area contributed by atoms with Crippen molar-refractivity contribution in [3.63, 3.8) is 0 Å². The van der Waals surface area contributed by atoms with Crippen molar-refractivity contribution in [2.24, 2.45) is 0 Å². The predicted octanol–water partition coefficient (Wildman–Crippen LogP) is 3.46. The van der Waals surface area contributed by atoms with E-state index in [1.807, 2.05) is 24.3 Å². The van der Waals surface area contributed by atoms with E-state index in [1.165, 1.54) is 5.56 Å². The second kappa shape index (κ2) is 9.58. The molecule has 0 radical (unpaired) electrons. The summed E-state index contributed by atoms with van der Waals surface area (Å²) in [5, 5.41) is 7.31. The minimum atomic E-state index is 0.284. The Labute approximate surface area is 166 Å². The first-order chi connectivity index (χ1) is 13.2. The molecule has 0 aromatic heterocycles. The number of benzene rings is 2. The molecule has 1 aliphatic rings. The van der Waals surface area contributed by atoms with E-state index < -0.39 is 0 Å². The smallest absolute Gasteiger partial charge is 0.231 e. The van der Waals surface area contributed by atoms with Crippen molar-refractivity contribution in [3.05, 3.63) is 59.7 Å². The Hall–Kier alpha value is -2.31. The largest absolute Gasteiger partial charge is 0.454 e. The zero-order valence-corrected chi connectivity index (χ0v) is 16.7. The van der Waals surface area contributed by atoms with Gasteiger partial charge in [0.15, 0.2) is 16.6 Å². The third-order valence-corrected chi connectivity index (χ3v) is 5.07. The number of thiocarbonyl (C=S) groups is 1. The molecule has 0 aliphatic carbocycles. The number of hydrogen-bond donors (Lipinski definition) is 2. The molecule has 3 rings (SSSR count). The van der Waals surface area contributed by atoms with E-state index >= 15 is 0 Å². The van der Waals surface area contributed by atoms with Gasteiger partial charge in [-0.25, -0.2) is 0 Å². The average molecular weight is 386 g/mol. The van der Waals surface area contributed by atoms with Crippen molar-refractivity contribution >= 4 is 17.3 Å². The van der Waals surface area contributed by atoms with Gasteiger partial charge in [0.2, 0.25) is 6.79 Å². The Balaban J connectivity index is 1.54. The molecular weight excluding hydrogens is 358 g/mol. The molecule has 1 atom stereocenters. The van der Waals surface area contributed by atoms with Gasteiger partial charge in [0, 0.05) is 13.1 Å². The van der Waals surface area contributed by atoms with E-state index in [4.69, 9.17) is 21.7 Å². The second-order valence-corrected chi connectivity index (χ2v) is 6.81. The van der Waals surface area contributed by atoms with Gasteiger partial charge in [0.1, 0.15) is 0 Å². The summed E-state index contributed by atoms with van der Waals surface area (Å²) >= 11 is 5.48. The van der Waals surface area contributed by atoms with Crippen molar-refractivity contribution in [1.82, 2.24) is 15.5 Å². The highest BCUT2D eigenvalue weighted by molar-refractivity contribution is 7.80. The summed E-state index contributed by atoms with van der Waals surface area (Å²) in [6.07, 6.45) is 0. The predicted molar refractivity (Wildman–Crippen MR) is 112 cm³/mol. The summed E-state index contributed by atoms with van der Waals surface area (Å²) in [6, 6.07) is 16.8. The number of rotatable bonds is 8. The molecule has 2 aromatic carbocycles. The van der Waals surface area contributed by atoms with Crippen LogP contribution in [-0.2, 0) is 6.54 Å². The van der Waals surface area contributed by atoms with Crippen molar-refractivity contribution in [1.29, 1.82) is 0 Å². The van der Waals surface area contributed by atoms with Crippen molar-refractivity contribution in [3.8, 4) is 11.5 Å². The molecule has 1 aliphatic heterocycles. The Bertz CT molecular complexity index is 750. The van der Waals surface area contributed by atoms with Crippen LogP contribution in [-0.4, -0.2) is 36.4 Å². The average Bonchev–Trinajstić information content (AvgIpc) is 3.18. The molecule has 1 heterocycles. The monoisotopic (exact) mass is 385 g/mol. The number of ether oxygens (including phenoxy) is 2. The lowest BCUT2D eigenvalue weighted by molar-refractivity contribution is 0.174. The summed E-state index contributed by atoms with van der Waals surface area (Å²) in [5.41, 5.74) is 2.40. The molecule has 0 spiro atoms. The van der Waals surface area contributed by atoms with E-state index in [2.05, 4.69) is 53.6 Å². The number of nitrogens with zero attached hydrogens (tertiary/aromatic N) is 1. The molecule has 144 valence electrons. The maximum Gasteiger partial charge on any atom is 0.231 e.